The van der Waals surface area contributed by atoms with Crippen molar-refractivity contribution in [1.29, 1.82) is 0 Å². The van der Waals surface area contributed by atoms with Crippen LogP contribution in [0.5, 0.6) is 0 Å². The molecule has 1 unspecified atom stereocenters. The van der Waals surface area contributed by atoms with E-state index in [-0.39, 0.29) is 18.4 Å². The lowest BCUT2D eigenvalue weighted by atomic mass is 10.1. The summed E-state index contributed by atoms with van der Waals surface area (Å²) >= 11 is 0. The van der Waals surface area contributed by atoms with Gasteiger partial charge in [-0.3, -0.25) is 4.90 Å². The Hall–Kier alpha value is -1.37. The summed E-state index contributed by atoms with van der Waals surface area (Å²) in [5.41, 5.74) is 2.31. The molecule has 1 atom stereocenters. The topological polar surface area (TPSA) is 59.1 Å². The Morgan fingerprint density at radius 1 is 1.45 bits per heavy atom. The summed E-state index contributed by atoms with van der Waals surface area (Å²) in [5.74, 6) is 2.04. The summed E-state index contributed by atoms with van der Waals surface area (Å²) in [5, 5.41) is 7.64. The number of imidazole rings is 1. The lowest BCUT2D eigenvalue weighted by Gasteiger charge is -2.35. The first kappa shape index (κ1) is 17.0. The van der Waals surface area contributed by atoms with Gasteiger partial charge in [0.15, 0.2) is 0 Å². The smallest absolute Gasteiger partial charge is 0.138 e. The molecule has 3 rings (SSSR count). The van der Waals surface area contributed by atoms with E-state index in [0.29, 0.717) is 0 Å². The molecule has 1 N–H and O–H groups in total. The summed E-state index contributed by atoms with van der Waals surface area (Å²) < 4.78 is 7.47. The van der Waals surface area contributed by atoms with Crippen LogP contribution in [0.4, 0.5) is 0 Å². The van der Waals surface area contributed by atoms with Gasteiger partial charge in [0.05, 0.1) is 11.7 Å². The number of nitrogens with zero attached hydrogens (tertiary/aromatic N) is 4. The average molecular weight is 326 g/mol. The molecule has 0 aliphatic carbocycles. The average Bonchev–Trinajstić information content (AvgIpc) is 3.07. The van der Waals surface area contributed by atoms with Crippen molar-refractivity contribution in [1.82, 2.24) is 24.9 Å². The van der Waals surface area contributed by atoms with Gasteiger partial charge in [-0.15, -0.1) is 12.4 Å². The van der Waals surface area contributed by atoms with Crippen molar-refractivity contribution in [2.45, 2.75) is 32.9 Å². The highest BCUT2D eigenvalue weighted by Gasteiger charge is 2.28. The monoisotopic (exact) mass is 325 g/mol. The fraction of sp³-hybridized carbons (Fsp3) is 0.600. The van der Waals surface area contributed by atoms with E-state index in [4.69, 9.17) is 4.52 Å². The number of hydrogen-bond acceptors (Lipinski definition) is 5. The van der Waals surface area contributed by atoms with Gasteiger partial charge in [-0.2, -0.15) is 0 Å². The van der Waals surface area contributed by atoms with Crippen LogP contribution in [0.15, 0.2) is 16.9 Å². The summed E-state index contributed by atoms with van der Waals surface area (Å²) in [6.07, 6.45) is 4.78. The van der Waals surface area contributed by atoms with Crippen LogP contribution >= 0.6 is 12.4 Å². The van der Waals surface area contributed by atoms with Gasteiger partial charge in [-0.05, 0) is 13.3 Å². The third-order valence-corrected chi connectivity index (χ3v) is 4.27. The van der Waals surface area contributed by atoms with Gasteiger partial charge < -0.3 is 14.4 Å². The zero-order chi connectivity index (χ0) is 14.8. The standard InChI is InChI=1S/C15H23N5O.ClH/c1-4-13-12(11(2)21-18-13)10-20-8-5-16-9-14(20)15-17-6-7-19(15)3;/h6-7,14,16H,4-5,8-10H2,1-3H3;1H. The van der Waals surface area contributed by atoms with Crippen molar-refractivity contribution in [2.24, 2.45) is 7.05 Å². The van der Waals surface area contributed by atoms with Crippen LogP contribution in [0.1, 0.15) is 35.8 Å². The normalized spacial score (nSPS) is 19.1. The molecule has 1 aliphatic heterocycles. The fourth-order valence-corrected chi connectivity index (χ4v) is 3.01. The van der Waals surface area contributed by atoms with Gasteiger partial charge >= 0.3 is 0 Å². The van der Waals surface area contributed by atoms with Gasteiger partial charge in [0.1, 0.15) is 11.6 Å². The second-order valence-electron chi connectivity index (χ2n) is 5.60. The molecule has 1 saturated heterocycles. The van der Waals surface area contributed by atoms with Gasteiger partial charge in [-0.25, -0.2) is 4.98 Å². The van der Waals surface area contributed by atoms with Gasteiger partial charge in [0.2, 0.25) is 0 Å². The maximum absolute atomic E-state index is 5.36. The number of rotatable bonds is 4. The minimum atomic E-state index is 0. The van der Waals surface area contributed by atoms with Crippen molar-refractivity contribution < 1.29 is 4.52 Å². The summed E-state index contributed by atoms with van der Waals surface area (Å²) in [4.78, 5) is 7.00. The zero-order valence-electron chi connectivity index (χ0n) is 13.4. The summed E-state index contributed by atoms with van der Waals surface area (Å²) in [7, 11) is 2.05. The van der Waals surface area contributed by atoms with E-state index in [1.165, 1.54) is 5.56 Å². The molecule has 0 saturated carbocycles. The first-order chi connectivity index (χ1) is 10.2. The van der Waals surface area contributed by atoms with E-state index in [2.05, 4.69) is 38.9 Å². The van der Waals surface area contributed by atoms with Gasteiger partial charge in [-0.1, -0.05) is 12.1 Å². The van der Waals surface area contributed by atoms with E-state index < -0.39 is 0 Å². The molecule has 1 fully saturated rings. The van der Waals surface area contributed by atoms with Crippen LogP contribution in [0.2, 0.25) is 0 Å². The predicted molar refractivity (Wildman–Crippen MR) is 87.1 cm³/mol. The van der Waals surface area contributed by atoms with E-state index in [0.717, 1.165) is 49.9 Å². The summed E-state index contributed by atoms with van der Waals surface area (Å²) in [6.45, 7) is 7.93. The first-order valence-corrected chi connectivity index (χ1v) is 7.56. The zero-order valence-corrected chi connectivity index (χ0v) is 14.2. The maximum atomic E-state index is 5.36. The predicted octanol–water partition coefficient (Wildman–Crippen LogP) is 1.85. The number of hydrogen-bond donors (Lipinski definition) is 1. The molecule has 0 aromatic carbocycles. The van der Waals surface area contributed by atoms with Crippen LogP contribution < -0.4 is 5.32 Å². The van der Waals surface area contributed by atoms with Gasteiger partial charge in [0, 0.05) is 51.2 Å². The lowest BCUT2D eigenvalue weighted by molar-refractivity contribution is 0.143. The van der Waals surface area contributed by atoms with Crippen LogP contribution in [-0.4, -0.2) is 39.2 Å². The third kappa shape index (κ3) is 3.19. The van der Waals surface area contributed by atoms with Crippen molar-refractivity contribution in [3.63, 3.8) is 0 Å². The summed E-state index contributed by atoms with van der Waals surface area (Å²) in [6, 6.07) is 0.290. The van der Waals surface area contributed by atoms with Crippen molar-refractivity contribution in [3.05, 3.63) is 35.2 Å². The first-order valence-electron chi connectivity index (χ1n) is 7.56. The quantitative estimate of drug-likeness (QED) is 0.929. The number of aromatic nitrogens is 3. The van der Waals surface area contributed by atoms with Crippen molar-refractivity contribution in [3.8, 4) is 0 Å². The van der Waals surface area contributed by atoms with E-state index in [9.17, 15) is 0 Å². The maximum Gasteiger partial charge on any atom is 0.138 e. The molecule has 7 heteroatoms. The second-order valence-corrected chi connectivity index (χ2v) is 5.60. The molecular formula is C15H24ClN5O. The molecule has 0 amide bonds. The Morgan fingerprint density at radius 3 is 2.95 bits per heavy atom. The minimum Gasteiger partial charge on any atom is -0.361 e. The Balaban J connectivity index is 0.00000176. The SMILES string of the molecule is CCc1noc(C)c1CN1CCNCC1c1nccn1C.Cl. The van der Waals surface area contributed by atoms with E-state index >= 15 is 0 Å². The number of nitrogens with one attached hydrogen (secondary N) is 1. The fourth-order valence-electron chi connectivity index (χ4n) is 3.01. The van der Waals surface area contributed by atoms with Crippen LogP contribution in [0.3, 0.4) is 0 Å². The highest BCUT2D eigenvalue weighted by atomic mass is 35.5. The molecule has 2 aromatic heterocycles. The molecule has 0 radical (unpaired) electrons. The molecule has 2 aromatic rings. The Labute approximate surface area is 137 Å². The number of aryl methyl sites for hydroxylation is 3. The molecule has 0 spiro atoms. The molecule has 6 nitrogen and oxygen atoms in total. The third-order valence-electron chi connectivity index (χ3n) is 4.27. The van der Waals surface area contributed by atoms with Crippen LogP contribution in [-0.2, 0) is 20.0 Å². The molecule has 0 bridgehead atoms. The second kappa shape index (κ2) is 7.26. The molecule has 22 heavy (non-hydrogen) atoms. The van der Waals surface area contributed by atoms with Crippen molar-refractivity contribution >= 4 is 12.4 Å². The highest BCUT2D eigenvalue weighted by Crippen LogP contribution is 2.25. The Morgan fingerprint density at radius 2 is 2.27 bits per heavy atom. The Bertz CT molecular complexity index is 609. The molecule has 1 aliphatic rings. The minimum absolute atomic E-state index is 0. The highest BCUT2D eigenvalue weighted by molar-refractivity contribution is 5.85. The largest absolute Gasteiger partial charge is 0.361 e. The van der Waals surface area contributed by atoms with Crippen LogP contribution in [0.25, 0.3) is 0 Å². The van der Waals surface area contributed by atoms with E-state index in [1.807, 2.05) is 19.3 Å². The number of halogens is 1. The van der Waals surface area contributed by atoms with E-state index in [1.54, 1.807) is 0 Å². The lowest BCUT2D eigenvalue weighted by Crippen LogP contribution is -2.46. The molecular weight excluding hydrogens is 302 g/mol. The van der Waals surface area contributed by atoms with Crippen LogP contribution in [0, 0.1) is 6.92 Å². The molecule has 122 valence electrons. The van der Waals surface area contributed by atoms with Gasteiger partial charge in [0.25, 0.3) is 0 Å². The number of piperazine rings is 1. The van der Waals surface area contributed by atoms with Crippen molar-refractivity contribution in [2.75, 3.05) is 19.6 Å². The molecule has 3 heterocycles. The Kier molecular flexibility index (Phi) is 5.61.